The number of methoxy groups -OCH3 is 1. The molecule has 0 aliphatic rings. The molecule has 0 heterocycles. The van der Waals surface area contributed by atoms with Gasteiger partial charge in [0.05, 0.1) is 12.7 Å². The third-order valence-electron chi connectivity index (χ3n) is 3.59. The lowest BCUT2D eigenvalue weighted by molar-refractivity contribution is -0.129. The molecule has 0 spiro atoms. The smallest absolute Gasteiger partial charge is 0.261 e. The van der Waals surface area contributed by atoms with Crippen molar-refractivity contribution >= 4 is 11.7 Å². The molecule has 0 radical (unpaired) electrons. The van der Waals surface area contributed by atoms with Gasteiger partial charge in [-0.1, -0.05) is 6.92 Å². The predicted molar refractivity (Wildman–Crippen MR) is 85.6 cm³/mol. The zero-order chi connectivity index (χ0) is 16.9. The number of Topliss-reactive ketones (excluding diaryl/α,β-unsaturated/α-hetero) is 1. The molecule has 22 heavy (non-hydrogen) atoms. The second-order valence-electron chi connectivity index (χ2n) is 5.91. The summed E-state index contributed by atoms with van der Waals surface area (Å²) in [6.07, 6.45) is 0.0968. The van der Waals surface area contributed by atoms with Crippen LogP contribution in [0.4, 0.5) is 0 Å². The molecular formula is C17H25NO4. The second-order valence-corrected chi connectivity index (χ2v) is 5.91. The van der Waals surface area contributed by atoms with Gasteiger partial charge < -0.3 is 14.8 Å². The topological polar surface area (TPSA) is 64.6 Å². The number of ketones is 1. The van der Waals surface area contributed by atoms with E-state index in [0.29, 0.717) is 17.1 Å². The molecule has 1 aromatic carbocycles. The van der Waals surface area contributed by atoms with Crippen molar-refractivity contribution in [3.8, 4) is 11.5 Å². The van der Waals surface area contributed by atoms with Crippen LogP contribution < -0.4 is 14.8 Å². The normalized spacial score (nSPS) is 12.5. The van der Waals surface area contributed by atoms with Crippen molar-refractivity contribution < 1.29 is 19.1 Å². The average Bonchev–Trinajstić information content (AvgIpc) is 2.46. The molecule has 0 aliphatic carbocycles. The number of hydrogen-bond donors (Lipinski definition) is 1. The minimum Gasteiger partial charge on any atom is -0.497 e. The molecule has 1 amide bonds. The van der Waals surface area contributed by atoms with Crippen molar-refractivity contribution in [2.24, 2.45) is 0 Å². The number of benzene rings is 1. The van der Waals surface area contributed by atoms with Crippen LogP contribution in [0, 0.1) is 0 Å². The summed E-state index contributed by atoms with van der Waals surface area (Å²) >= 11 is 0. The fourth-order valence-corrected chi connectivity index (χ4v) is 1.79. The third-order valence-corrected chi connectivity index (χ3v) is 3.59. The SMILES string of the molecule is CCC(C)(C)NC(=O)C(C)Oc1cc(OC)ccc1C(C)=O. The highest BCUT2D eigenvalue weighted by Crippen LogP contribution is 2.26. The minimum atomic E-state index is -0.712. The molecule has 1 aromatic rings. The Hall–Kier alpha value is -2.04. The fraction of sp³-hybridized carbons (Fsp3) is 0.529. The molecule has 0 aromatic heterocycles. The molecule has 0 saturated carbocycles. The first kappa shape index (κ1) is 18.0. The first-order chi connectivity index (χ1) is 10.2. The van der Waals surface area contributed by atoms with E-state index in [1.165, 1.54) is 14.0 Å². The van der Waals surface area contributed by atoms with Crippen LogP contribution in [0.3, 0.4) is 0 Å². The predicted octanol–water partition coefficient (Wildman–Crippen LogP) is 2.97. The van der Waals surface area contributed by atoms with Gasteiger partial charge in [0.1, 0.15) is 11.5 Å². The van der Waals surface area contributed by atoms with E-state index in [1.54, 1.807) is 25.1 Å². The third kappa shape index (κ3) is 4.76. The quantitative estimate of drug-likeness (QED) is 0.787. The molecule has 5 heteroatoms. The van der Waals surface area contributed by atoms with Gasteiger partial charge in [-0.05, 0) is 46.2 Å². The summed E-state index contributed by atoms with van der Waals surface area (Å²) in [5.74, 6) is 0.577. The Morgan fingerprint density at radius 3 is 2.45 bits per heavy atom. The highest BCUT2D eigenvalue weighted by molar-refractivity contribution is 5.97. The highest BCUT2D eigenvalue weighted by Gasteiger charge is 2.24. The summed E-state index contributed by atoms with van der Waals surface area (Å²) < 4.78 is 10.8. The van der Waals surface area contributed by atoms with Crippen molar-refractivity contribution in [1.82, 2.24) is 5.32 Å². The van der Waals surface area contributed by atoms with Crippen LogP contribution >= 0.6 is 0 Å². The van der Waals surface area contributed by atoms with Gasteiger partial charge in [0.2, 0.25) is 0 Å². The summed E-state index contributed by atoms with van der Waals surface area (Å²) in [6.45, 7) is 9.01. The molecule has 1 N–H and O–H groups in total. The minimum absolute atomic E-state index is 0.126. The van der Waals surface area contributed by atoms with Crippen molar-refractivity contribution in [3.63, 3.8) is 0 Å². The number of carbonyl (C=O) groups excluding carboxylic acids is 2. The maximum absolute atomic E-state index is 12.2. The van der Waals surface area contributed by atoms with Crippen molar-refractivity contribution in [2.45, 2.75) is 52.7 Å². The van der Waals surface area contributed by atoms with Gasteiger partial charge in [-0.15, -0.1) is 0 Å². The Morgan fingerprint density at radius 1 is 1.32 bits per heavy atom. The molecule has 1 rings (SSSR count). The van der Waals surface area contributed by atoms with Crippen molar-refractivity contribution in [3.05, 3.63) is 23.8 Å². The number of nitrogens with one attached hydrogen (secondary N) is 1. The number of hydrogen-bond acceptors (Lipinski definition) is 4. The van der Waals surface area contributed by atoms with E-state index in [-0.39, 0.29) is 17.2 Å². The maximum Gasteiger partial charge on any atom is 0.261 e. The Kier molecular flexibility index (Phi) is 5.97. The van der Waals surface area contributed by atoms with E-state index in [1.807, 2.05) is 20.8 Å². The summed E-state index contributed by atoms with van der Waals surface area (Å²) in [5, 5.41) is 2.92. The lowest BCUT2D eigenvalue weighted by Gasteiger charge is -2.27. The van der Waals surface area contributed by atoms with Crippen molar-refractivity contribution in [2.75, 3.05) is 7.11 Å². The average molecular weight is 307 g/mol. The van der Waals surface area contributed by atoms with Crippen LogP contribution in [-0.4, -0.2) is 30.4 Å². The van der Waals surface area contributed by atoms with Gasteiger partial charge in [-0.25, -0.2) is 0 Å². The molecule has 0 fully saturated rings. The van der Waals surface area contributed by atoms with Gasteiger partial charge in [-0.2, -0.15) is 0 Å². The van der Waals surface area contributed by atoms with Crippen LogP contribution in [0.15, 0.2) is 18.2 Å². The Labute approximate surface area is 132 Å². The van der Waals surface area contributed by atoms with Crippen LogP contribution in [-0.2, 0) is 4.79 Å². The molecule has 1 atom stereocenters. The number of ether oxygens (including phenoxy) is 2. The number of amides is 1. The van der Waals surface area contributed by atoms with Gasteiger partial charge in [-0.3, -0.25) is 9.59 Å². The standard InChI is InChI=1S/C17H25NO4/c1-7-17(4,5)18-16(20)12(3)22-15-10-13(21-6)8-9-14(15)11(2)19/h8-10,12H,7H2,1-6H3,(H,18,20). The number of carbonyl (C=O) groups is 2. The molecule has 0 aliphatic heterocycles. The van der Waals surface area contributed by atoms with E-state index in [4.69, 9.17) is 9.47 Å². The highest BCUT2D eigenvalue weighted by atomic mass is 16.5. The van der Waals surface area contributed by atoms with Crippen LogP contribution in [0.1, 0.15) is 51.4 Å². The van der Waals surface area contributed by atoms with E-state index >= 15 is 0 Å². The van der Waals surface area contributed by atoms with Crippen LogP contribution in [0.5, 0.6) is 11.5 Å². The Morgan fingerprint density at radius 2 is 1.95 bits per heavy atom. The zero-order valence-electron chi connectivity index (χ0n) is 14.1. The second kappa shape index (κ2) is 7.29. The summed E-state index contributed by atoms with van der Waals surface area (Å²) in [6, 6.07) is 4.94. The van der Waals surface area contributed by atoms with E-state index < -0.39 is 6.10 Å². The Bertz CT molecular complexity index is 552. The van der Waals surface area contributed by atoms with Gasteiger partial charge in [0.25, 0.3) is 5.91 Å². The van der Waals surface area contributed by atoms with Gasteiger partial charge in [0, 0.05) is 11.6 Å². The summed E-state index contributed by atoms with van der Waals surface area (Å²) in [5.41, 5.74) is 0.127. The Balaban J connectivity index is 2.93. The number of rotatable bonds is 7. The molecule has 1 unspecified atom stereocenters. The molecule has 122 valence electrons. The summed E-state index contributed by atoms with van der Waals surface area (Å²) in [7, 11) is 1.53. The zero-order valence-corrected chi connectivity index (χ0v) is 14.1. The van der Waals surface area contributed by atoms with Gasteiger partial charge in [0.15, 0.2) is 11.9 Å². The van der Waals surface area contributed by atoms with E-state index in [2.05, 4.69) is 5.32 Å². The van der Waals surface area contributed by atoms with Crippen LogP contribution in [0.2, 0.25) is 0 Å². The lowest BCUT2D eigenvalue weighted by Crippen LogP contribution is -2.48. The van der Waals surface area contributed by atoms with Gasteiger partial charge >= 0.3 is 0 Å². The monoisotopic (exact) mass is 307 g/mol. The van der Waals surface area contributed by atoms with Crippen LogP contribution in [0.25, 0.3) is 0 Å². The summed E-state index contributed by atoms with van der Waals surface area (Å²) in [4.78, 5) is 23.9. The molecular weight excluding hydrogens is 282 g/mol. The van der Waals surface area contributed by atoms with E-state index in [9.17, 15) is 9.59 Å². The maximum atomic E-state index is 12.2. The molecule has 5 nitrogen and oxygen atoms in total. The fourth-order valence-electron chi connectivity index (χ4n) is 1.79. The molecule has 0 saturated heterocycles. The van der Waals surface area contributed by atoms with E-state index in [0.717, 1.165) is 6.42 Å². The lowest BCUT2D eigenvalue weighted by atomic mass is 10.0. The first-order valence-corrected chi connectivity index (χ1v) is 7.38. The molecule has 0 bridgehead atoms. The largest absolute Gasteiger partial charge is 0.497 e. The first-order valence-electron chi connectivity index (χ1n) is 7.38. The van der Waals surface area contributed by atoms with Crippen molar-refractivity contribution in [1.29, 1.82) is 0 Å².